The van der Waals surface area contributed by atoms with Crippen molar-refractivity contribution in [1.82, 2.24) is 9.78 Å². The summed E-state index contributed by atoms with van der Waals surface area (Å²) in [7, 11) is 0. The lowest BCUT2D eigenvalue weighted by molar-refractivity contribution is -0.117. The van der Waals surface area contributed by atoms with Crippen molar-refractivity contribution >= 4 is 17.7 Å². The lowest BCUT2D eigenvalue weighted by atomic mass is 10.1. The molecule has 0 radical (unpaired) electrons. The fourth-order valence-electron chi connectivity index (χ4n) is 2.42. The van der Waals surface area contributed by atoms with Gasteiger partial charge in [0.1, 0.15) is 0 Å². The van der Waals surface area contributed by atoms with Gasteiger partial charge in [-0.1, -0.05) is 48.5 Å². The third kappa shape index (κ3) is 4.06. The van der Waals surface area contributed by atoms with E-state index in [1.54, 1.807) is 11.8 Å². The molecule has 0 unspecified atom stereocenters. The third-order valence-electron chi connectivity index (χ3n) is 3.61. The van der Waals surface area contributed by atoms with Crippen LogP contribution < -0.4 is 5.73 Å². The molecule has 0 fully saturated rings. The molecule has 0 aliphatic rings. The number of rotatable bonds is 7. The highest BCUT2D eigenvalue weighted by Crippen LogP contribution is 2.27. The first-order valence-electron chi connectivity index (χ1n) is 7.79. The number of benzene rings is 2. The van der Waals surface area contributed by atoms with Crippen molar-refractivity contribution in [2.45, 2.75) is 12.2 Å². The minimum atomic E-state index is -0.259. The smallest absolute Gasteiger partial charge is 0.218 e. The highest BCUT2D eigenvalue weighted by molar-refractivity contribution is 7.98. The zero-order valence-electron chi connectivity index (χ0n) is 13.3. The van der Waals surface area contributed by atoms with E-state index in [0.717, 1.165) is 34.0 Å². The lowest BCUT2D eigenvalue weighted by Gasteiger charge is -2.02. The highest BCUT2D eigenvalue weighted by Gasteiger charge is 2.12. The number of nitrogens with two attached hydrogens (primary N) is 1. The molecule has 1 aromatic heterocycles. The second-order valence-electron chi connectivity index (χ2n) is 5.42. The van der Waals surface area contributed by atoms with Crippen molar-refractivity contribution in [2.75, 3.05) is 5.75 Å². The van der Waals surface area contributed by atoms with Crippen LogP contribution >= 0.6 is 11.8 Å². The Labute approximate surface area is 145 Å². The Morgan fingerprint density at radius 2 is 1.71 bits per heavy atom. The Bertz CT molecular complexity index is 800. The molecule has 122 valence electrons. The van der Waals surface area contributed by atoms with Crippen LogP contribution in [0.15, 0.2) is 66.9 Å². The first-order chi connectivity index (χ1) is 11.7. The maximum atomic E-state index is 10.9. The summed E-state index contributed by atoms with van der Waals surface area (Å²) in [6, 6.07) is 20.2. The summed E-state index contributed by atoms with van der Waals surface area (Å²) in [6.07, 6.45) is 2.47. The number of primary amides is 1. The Morgan fingerprint density at radius 1 is 1.04 bits per heavy atom. The molecule has 0 aliphatic heterocycles. The monoisotopic (exact) mass is 337 g/mol. The summed E-state index contributed by atoms with van der Waals surface area (Å²) >= 11 is 1.70. The first-order valence-corrected chi connectivity index (χ1v) is 8.95. The predicted molar refractivity (Wildman–Crippen MR) is 99.0 cm³/mol. The van der Waals surface area contributed by atoms with Gasteiger partial charge in [-0.15, -0.1) is 0 Å². The first kappa shape index (κ1) is 16.3. The van der Waals surface area contributed by atoms with Crippen molar-refractivity contribution < 1.29 is 4.79 Å². The maximum Gasteiger partial charge on any atom is 0.218 e. The average Bonchev–Trinajstić information content (AvgIpc) is 3.04. The van der Waals surface area contributed by atoms with Gasteiger partial charge in [0.2, 0.25) is 5.91 Å². The minimum Gasteiger partial charge on any atom is -0.370 e. The summed E-state index contributed by atoms with van der Waals surface area (Å²) in [5, 5.41) is 4.78. The second kappa shape index (κ2) is 7.84. The standard InChI is InChI=1S/C19H19N3OS/c20-18(23)11-12-24-14-16-13-22(17-9-5-2-6-10-17)21-19(16)15-7-3-1-4-8-15/h1-10,13H,11-12,14H2,(H2,20,23). The van der Waals surface area contributed by atoms with E-state index < -0.39 is 0 Å². The topological polar surface area (TPSA) is 60.9 Å². The Morgan fingerprint density at radius 3 is 2.38 bits per heavy atom. The summed E-state index contributed by atoms with van der Waals surface area (Å²) in [4.78, 5) is 10.9. The number of hydrogen-bond acceptors (Lipinski definition) is 3. The van der Waals surface area contributed by atoms with Gasteiger partial charge in [-0.3, -0.25) is 4.79 Å². The van der Waals surface area contributed by atoms with Gasteiger partial charge in [0.15, 0.2) is 0 Å². The zero-order valence-corrected chi connectivity index (χ0v) is 14.1. The highest BCUT2D eigenvalue weighted by atomic mass is 32.2. The van der Waals surface area contributed by atoms with Crippen LogP contribution in [0.3, 0.4) is 0 Å². The third-order valence-corrected chi connectivity index (χ3v) is 4.62. The molecule has 2 aromatic carbocycles. The number of amides is 1. The molecule has 5 heteroatoms. The van der Waals surface area contributed by atoms with E-state index in [9.17, 15) is 4.79 Å². The molecule has 0 aliphatic carbocycles. The van der Waals surface area contributed by atoms with E-state index in [2.05, 4.69) is 18.3 Å². The normalized spacial score (nSPS) is 10.7. The van der Waals surface area contributed by atoms with E-state index >= 15 is 0 Å². The Kier molecular flexibility index (Phi) is 5.33. The van der Waals surface area contributed by atoms with Crippen molar-refractivity contribution in [3.8, 4) is 16.9 Å². The molecule has 0 saturated heterocycles. The van der Waals surface area contributed by atoms with Crippen molar-refractivity contribution in [2.24, 2.45) is 5.73 Å². The molecular weight excluding hydrogens is 318 g/mol. The van der Waals surface area contributed by atoms with Crippen LogP contribution in [0.5, 0.6) is 0 Å². The summed E-state index contributed by atoms with van der Waals surface area (Å²) < 4.78 is 1.91. The van der Waals surface area contributed by atoms with E-state index in [0.29, 0.717) is 6.42 Å². The molecule has 2 N–H and O–H groups in total. The minimum absolute atomic E-state index is 0.259. The van der Waals surface area contributed by atoms with Gasteiger partial charge >= 0.3 is 0 Å². The molecule has 24 heavy (non-hydrogen) atoms. The largest absolute Gasteiger partial charge is 0.370 e. The maximum absolute atomic E-state index is 10.9. The SMILES string of the molecule is NC(=O)CCSCc1cn(-c2ccccc2)nc1-c1ccccc1. The number of nitrogens with zero attached hydrogens (tertiary/aromatic N) is 2. The number of carbonyl (C=O) groups excluding carboxylic acids is 1. The molecule has 3 rings (SSSR count). The van der Waals surface area contributed by atoms with E-state index in [4.69, 9.17) is 10.8 Å². The summed E-state index contributed by atoms with van der Waals surface area (Å²) in [5.74, 6) is 1.26. The van der Waals surface area contributed by atoms with Gasteiger partial charge < -0.3 is 5.73 Å². The summed E-state index contributed by atoms with van der Waals surface area (Å²) in [5.41, 5.74) is 9.46. The molecule has 3 aromatic rings. The average molecular weight is 337 g/mol. The van der Waals surface area contributed by atoms with Crippen LogP contribution in [0.2, 0.25) is 0 Å². The molecule has 0 atom stereocenters. The molecule has 1 amide bonds. The quantitative estimate of drug-likeness (QED) is 0.670. The Balaban J connectivity index is 1.87. The van der Waals surface area contributed by atoms with Crippen molar-refractivity contribution in [3.05, 3.63) is 72.4 Å². The zero-order chi connectivity index (χ0) is 16.8. The lowest BCUT2D eigenvalue weighted by Crippen LogP contribution is -2.10. The van der Waals surface area contributed by atoms with Crippen molar-refractivity contribution in [1.29, 1.82) is 0 Å². The van der Waals surface area contributed by atoms with E-state index in [1.807, 2.05) is 53.2 Å². The molecule has 0 bridgehead atoms. The van der Waals surface area contributed by atoms with E-state index in [-0.39, 0.29) is 5.91 Å². The van der Waals surface area contributed by atoms with Gasteiger partial charge in [-0.2, -0.15) is 16.9 Å². The van der Waals surface area contributed by atoms with Gasteiger partial charge in [0.25, 0.3) is 0 Å². The predicted octanol–water partition coefficient (Wildman–Crippen LogP) is 3.65. The number of para-hydroxylation sites is 1. The van der Waals surface area contributed by atoms with Crippen LogP contribution in [0, 0.1) is 0 Å². The molecule has 1 heterocycles. The van der Waals surface area contributed by atoms with Gasteiger partial charge in [-0.05, 0) is 12.1 Å². The van der Waals surface area contributed by atoms with Gasteiger partial charge in [-0.25, -0.2) is 4.68 Å². The molecular formula is C19H19N3OS. The van der Waals surface area contributed by atoms with Crippen LogP contribution in [-0.4, -0.2) is 21.4 Å². The number of hydrogen-bond donors (Lipinski definition) is 1. The van der Waals surface area contributed by atoms with Gasteiger partial charge in [0, 0.05) is 35.3 Å². The molecule has 0 spiro atoms. The van der Waals surface area contributed by atoms with Crippen LogP contribution in [0.25, 0.3) is 16.9 Å². The van der Waals surface area contributed by atoms with Crippen LogP contribution in [0.4, 0.5) is 0 Å². The van der Waals surface area contributed by atoms with Crippen LogP contribution in [-0.2, 0) is 10.5 Å². The number of aromatic nitrogens is 2. The van der Waals surface area contributed by atoms with E-state index in [1.165, 1.54) is 0 Å². The number of carbonyl (C=O) groups is 1. The second-order valence-corrected chi connectivity index (χ2v) is 6.52. The van der Waals surface area contributed by atoms with Crippen LogP contribution in [0.1, 0.15) is 12.0 Å². The fourth-order valence-corrected chi connectivity index (χ4v) is 3.34. The Hall–Kier alpha value is -2.53. The molecule has 4 nitrogen and oxygen atoms in total. The van der Waals surface area contributed by atoms with Gasteiger partial charge in [0.05, 0.1) is 11.4 Å². The van der Waals surface area contributed by atoms with Crippen molar-refractivity contribution in [3.63, 3.8) is 0 Å². The molecule has 0 saturated carbocycles. The fraction of sp³-hybridized carbons (Fsp3) is 0.158. The summed E-state index contributed by atoms with van der Waals surface area (Å²) in [6.45, 7) is 0. The number of thioether (sulfide) groups is 1.